The third-order valence-electron chi connectivity index (χ3n) is 3.07. The number of nitrogens with zero attached hydrogens (tertiary/aromatic N) is 1. The van der Waals surface area contributed by atoms with Gasteiger partial charge in [0.25, 0.3) is 0 Å². The van der Waals surface area contributed by atoms with Crippen LogP contribution >= 0.6 is 0 Å². The first kappa shape index (κ1) is 17.5. The molecule has 1 amide bonds. The van der Waals surface area contributed by atoms with E-state index in [0.717, 1.165) is 25.3 Å². The number of benzene rings is 1. The number of carbonyl (C=O) groups is 2. The zero-order valence-corrected chi connectivity index (χ0v) is 12.9. The number of rotatable bonds is 6. The molecule has 1 aromatic heterocycles. The molecule has 7 nitrogen and oxygen atoms in total. The zero-order valence-electron chi connectivity index (χ0n) is 12.9. The average molecular weight is 339 g/mol. The maximum absolute atomic E-state index is 13.9. The molecule has 2 N–H and O–H groups in total. The van der Waals surface area contributed by atoms with Crippen LogP contribution in [0.2, 0.25) is 0 Å². The van der Waals surface area contributed by atoms with Crippen molar-refractivity contribution in [2.24, 2.45) is 0 Å². The first-order chi connectivity index (χ1) is 11.4. The van der Waals surface area contributed by atoms with Crippen LogP contribution in [0.4, 0.5) is 14.6 Å². The number of methoxy groups -OCH3 is 1. The van der Waals surface area contributed by atoms with Gasteiger partial charge in [0, 0.05) is 11.6 Å². The van der Waals surface area contributed by atoms with Gasteiger partial charge >= 0.3 is 5.97 Å². The van der Waals surface area contributed by atoms with E-state index in [2.05, 4.69) is 20.5 Å². The minimum Gasteiger partial charge on any atom is -0.468 e. The molecule has 0 spiro atoms. The monoisotopic (exact) mass is 339 g/mol. The molecule has 128 valence electrons. The van der Waals surface area contributed by atoms with Crippen LogP contribution in [0.3, 0.4) is 0 Å². The molecule has 24 heavy (non-hydrogen) atoms. The molecule has 1 aromatic carbocycles. The fourth-order valence-electron chi connectivity index (χ4n) is 1.98. The summed E-state index contributed by atoms with van der Waals surface area (Å²) in [6.45, 7) is 1.29. The van der Waals surface area contributed by atoms with Crippen LogP contribution in [0.5, 0.6) is 0 Å². The molecule has 0 saturated heterocycles. The van der Waals surface area contributed by atoms with E-state index in [-0.39, 0.29) is 17.9 Å². The highest BCUT2D eigenvalue weighted by atomic mass is 19.1. The van der Waals surface area contributed by atoms with Crippen LogP contribution in [-0.4, -0.2) is 30.7 Å². The number of hydrogen-bond acceptors (Lipinski definition) is 6. The number of nitrogens with one attached hydrogen (secondary N) is 2. The van der Waals surface area contributed by atoms with E-state index in [1.807, 2.05) is 0 Å². The quantitative estimate of drug-likeness (QED) is 0.778. The van der Waals surface area contributed by atoms with Crippen molar-refractivity contribution in [1.82, 2.24) is 10.5 Å². The summed E-state index contributed by atoms with van der Waals surface area (Å²) in [7, 11) is 1.10. The summed E-state index contributed by atoms with van der Waals surface area (Å²) >= 11 is 0. The summed E-state index contributed by atoms with van der Waals surface area (Å²) in [5.74, 6) is -2.21. The highest BCUT2D eigenvalue weighted by Crippen LogP contribution is 2.19. The number of carbonyl (C=O) groups excluding carboxylic acids is 2. The molecule has 0 saturated carbocycles. The molecule has 0 aliphatic heterocycles. The first-order valence-electron chi connectivity index (χ1n) is 6.90. The van der Waals surface area contributed by atoms with Gasteiger partial charge in [-0.25, -0.2) is 13.6 Å². The normalized spacial score (nSPS) is 11.8. The molecule has 2 aromatic rings. The molecule has 2 rings (SSSR count). The molecule has 9 heteroatoms. The number of hydrogen-bond donors (Lipinski definition) is 2. The standard InChI is InChI=1S/C15H15F2N3O4/c1-8-5-12(20-24-8)19-13(21)7-18-14(15(22)23-2)10-6-9(16)3-4-11(10)17/h3-6,14,18H,7H2,1-2H3,(H,19,20,21)/t14-/m1/s1. The largest absolute Gasteiger partial charge is 0.468 e. The maximum Gasteiger partial charge on any atom is 0.327 e. The Kier molecular flexibility index (Phi) is 5.59. The van der Waals surface area contributed by atoms with Gasteiger partial charge in [0.05, 0.1) is 13.7 Å². The van der Waals surface area contributed by atoms with Gasteiger partial charge in [-0.2, -0.15) is 0 Å². The Labute approximate surface area is 136 Å². The second-order valence-corrected chi connectivity index (χ2v) is 4.87. The van der Waals surface area contributed by atoms with Gasteiger partial charge in [-0.1, -0.05) is 5.16 Å². The Hall–Kier alpha value is -2.81. The van der Waals surface area contributed by atoms with E-state index in [0.29, 0.717) is 5.76 Å². The molecular weight excluding hydrogens is 324 g/mol. The summed E-state index contributed by atoms with van der Waals surface area (Å²) < 4.78 is 36.5. The predicted molar refractivity (Wildman–Crippen MR) is 79.0 cm³/mol. The number of esters is 1. The molecule has 0 bridgehead atoms. The van der Waals surface area contributed by atoms with Crippen LogP contribution in [0.1, 0.15) is 17.4 Å². The van der Waals surface area contributed by atoms with E-state index >= 15 is 0 Å². The summed E-state index contributed by atoms with van der Waals surface area (Å²) in [6.07, 6.45) is 0. The van der Waals surface area contributed by atoms with Crippen molar-refractivity contribution >= 4 is 17.7 Å². The second kappa shape index (κ2) is 7.64. The molecule has 0 fully saturated rings. The number of aromatic nitrogens is 1. The number of amides is 1. The van der Waals surface area contributed by atoms with Crippen LogP contribution < -0.4 is 10.6 Å². The van der Waals surface area contributed by atoms with E-state index in [9.17, 15) is 18.4 Å². The Morgan fingerprint density at radius 3 is 2.71 bits per heavy atom. The van der Waals surface area contributed by atoms with Crippen molar-refractivity contribution in [2.45, 2.75) is 13.0 Å². The van der Waals surface area contributed by atoms with E-state index in [1.54, 1.807) is 6.92 Å². The summed E-state index contributed by atoms with van der Waals surface area (Å²) in [6, 6.07) is 2.84. The van der Waals surface area contributed by atoms with Gasteiger partial charge in [0.15, 0.2) is 5.82 Å². The lowest BCUT2D eigenvalue weighted by molar-refractivity contribution is -0.143. The lowest BCUT2D eigenvalue weighted by atomic mass is 10.1. The SMILES string of the molecule is COC(=O)[C@H](NCC(=O)Nc1cc(C)on1)c1cc(F)ccc1F. The Balaban J connectivity index is 2.08. The number of ether oxygens (including phenoxy) is 1. The third-order valence-corrected chi connectivity index (χ3v) is 3.07. The number of anilines is 1. The lowest BCUT2D eigenvalue weighted by Gasteiger charge is -2.17. The van der Waals surface area contributed by atoms with E-state index in [4.69, 9.17) is 4.52 Å². The number of halogens is 2. The average Bonchev–Trinajstić information content (AvgIpc) is 2.95. The van der Waals surface area contributed by atoms with E-state index in [1.165, 1.54) is 6.07 Å². The Morgan fingerprint density at radius 2 is 2.08 bits per heavy atom. The van der Waals surface area contributed by atoms with Crippen molar-refractivity contribution in [2.75, 3.05) is 19.0 Å². The lowest BCUT2D eigenvalue weighted by Crippen LogP contribution is -2.36. The minimum atomic E-state index is -1.34. The van der Waals surface area contributed by atoms with Gasteiger partial charge in [-0.05, 0) is 25.1 Å². The molecule has 0 radical (unpaired) electrons. The summed E-state index contributed by atoms with van der Waals surface area (Å²) in [5, 5.41) is 8.54. The first-order valence-corrected chi connectivity index (χ1v) is 6.90. The summed E-state index contributed by atoms with van der Waals surface area (Å²) in [5.41, 5.74) is -0.257. The van der Waals surface area contributed by atoms with Crippen LogP contribution in [0, 0.1) is 18.6 Å². The predicted octanol–water partition coefficient (Wildman–Crippen LogP) is 1.70. The Bertz CT molecular complexity index is 748. The van der Waals surface area contributed by atoms with Gasteiger partial charge in [0.2, 0.25) is 5.91 Å². The molecule has 0 aliphatic carbocycles. The second-order valence-electron chi connectivity index (χ2n) is 4.87. The van der Waals surface area contributed by atoms with Crippen molar-refractivity contribution in [1.29, 1.82) is 0 Å². The van der Waals surface area contributed by atoms with Gasteiger partial charge < -0.3 is 14.6 Å². The van der Waals surface area contributed by atoms with Crippen LogP contribution in [0.15, 0.2) is 28.8 Å². The molecule has 1 heterocycles. The van der Waals surface area contributed by atoms with Crippen LogP contribution in [0.25, 0.3) is 0 Å². The third kappa shape index (κ3) is 4.35. The maximum atomic E-state index is 13.9. The molecular formula is C15H15F2N3O4. The molecule has 0 unspecified atom stereocenters. The van der Waals surface area contributed by atoms with Crippen molar-refractivity contribution in [3.63, 3.8) is 0 Å². The highest BCUT2D eigenvalue weighted by molar-refractivity contribution is 5.91. The van der Waals surface area contributed by atoms with Gasteiger partial charge in [-0.3, -0.25) is 10.1 Å². The van der Waals surface area contributed by atoms with Gasteiger partial charge in [0.1, 0.15) is 23.4 Å². The summed E-state index contributed by atoms with van der Waals surface area (Å²) in [4.78, 5) is 23.7. The molecule has 1 atom stereocenters. The Morgan fingerprint density at radius 1 is 1.33 bits per heavy atom. The van der Waals surface area contributed by atoms with Crippen molar-refractivity contribution in [3.8, 4) is 0 Å². The minimum absolute atomic E-state index is 0.200. The van der Waals surface area contributed by atoms with E-state index < -0.39 is 29.6 Å². The highest BCUT2D eigenvalue weighted by Gasteiger charge is 2.25. The topological polar surface area (TPSA) is 93.5 Å². The molecule has 0 aliphatic rings. The van der Waals surface area contributed by atoms with Crippen LogP contribution in [-0.2, 0) is 14.3 Å². The zero-order chi connectivity index (χ0) is 17.7. The van der Waals surface area contributed by atoms with Crippen molar-refractivity contribution in [3.05, 3.63) is 47.2 Å². The van der Waals surface area contributed by atoms with Gasteiger partial charge in [-0.15, -0.1) is 0 Å². The fraction of sp³-hybridized carbons (Fsp3) is 0.267. The fourth-order valence-corrected chi connectivity index (χ4v) is 1.98. The number of aryl methyl sites for hydroxylation is 1. The van der Waals surface area contributed by atoms with Crippen molar-refractivity contribution < 1.29 is 27.6 Å². The smallest absolute Gasteiger partial charge is 0.327 e.